The van der Waals surface area contributed by atoms with Gasteiger partial charge in [-0.2, -0.15) is 0 Å². The van der Waals surface area contributed by atoms with Gasteiger partial charge >= 0.3 is 0 Å². The molecule has 3 rings (SSSR count). The number of anilines is 1. The van der Waals surface area contributed by atoms with E-state index in [0.29, 0.717) is 18.3 Å². The van der Waals surface area contributed by atoms with Crippen LogP contribution >= 0.6 is 0 Å². The molecule has 0 aromatic carbocycles. The van der Waals surface area contributed by atoms with E-state index in [0.717, 1.165) is 18.8 Å². The molecular weight excluding hydrogens is 288 g/mol. The quantitative estimate of drug-likeness (QED) is 0.926. The van der Waals surface area contributed by atoms with Gasteiger partial charge in [0, 0.05) is 37.6 Å². The highest BCUT2D eigenvalue weighted by Gasteiger charge is 2.26. The van der Waals surface area contributed by atoms with Crippen LogP contribution in [0.3, 0.4) is 0 Å². The molecule has 0 saturated carbocycles. The van der Waals surface area contributed by atoms with E-state index in [1.54, 1.807) is 6.20 Å². The molecule has 1 amide bonds. The second kappa shape index (κ2) is 7.77. The van der Waals surface area contributed by atoms with Crippen molar-refractivity contribution in [3.63, 3.8) is 0 Å². The Kier molecular flexibility index (Phi) is 5.49. The number of hydrogen-bond donors (Lipinski definition) is 1. The lowest BCUT2D eigenvalue weighted by atomic mass is 10.1. The highest BCUT2D eigenvalue weighted by atomic mass is 16.1. The van der Waals surface area contributed by atoms with Crippen LogP contribution in [0.4, 0.5) is 5.69 Å². The minimum Gasteiger partial charge on any atom is -0.370 e. The number of carbonyl (C=O) groups excluding carboxylic acids is 1. The molecule has 2 saturated heterocycles. The van der Waals surface area contributed by atoms with Crippen LogP contribution in [-0.4, -0.2) is 54.6 Å². The van der Waals surface area contributed by atoms with E-state index in [-0.39, 0.29) is 5.91 Å². The van der Waals surface area contributed by atoms with Gasteiger partial charge in [0.25, 0.3) is 5.91 Å². The molecule has 5 nitrogen and oxygen atoms in total. The summed E-state index contributed by atoms with van der Waals surface area (Å²) in [6, 6.07) is 4.63. The molecule has 1 aromatic heterocycles. The van der Waals surface area contributed by atoms with Crippen LogP contribution in [0.2, 0.25) is 0 Å². The summed E-state index contributed by atoms with van der Waals surface area (Å²) in [5.74, 6) is -0.0831. The van der Waals surface area contributed by atoms with Gasteiger partial charge in [0.15, 0.2) is 0 Å². The highest BCUT2D eigenvalue weighted by Crippen LogP contribution is 2.24. The number of pyridine rings is 1. The number of rotatable bonds is 4. The maximum atomic E-state index is 12.0. The minimum atomic E-state index is -0.0831. The molecule has 0 radical (unpaired) electrons. The lowest BCUT2D eigenvalue weighted by Crippen LogP contribution is -2.41. The lowest BCUT2D eigenvalue weighted by molar-refractivity contribution is 0.0951. The largest absolute Gasteiger partial charge is 0.370 e. The molecule has 23 heavy (non-hydrogen) atoms. The fourth-order valence-electron chi connectivity index (χ4n) is 3.75. The Labute approximate surface area is 139 Å². The standard InChI is InChI=1S/C18H28N4O/c1-2-19-18(23)17-13-15(8-9-20-17)22-12-4-3-7-16(14-22)21-10-5-6-11-21/h8-9,13,16H,2-7,10-12,14H2,1H3,(H,19,23)/t16-/m1/s1. The fourth-order valence-corrected chi connectivity index (χ4v) is 3.75. The first-order valence-corrected chi connectivity index (χ1v) is 9.01. The van der Waals surface area contributed by atoms with Gasteiger partial charge in [-0.15, -0.1) is 0 Å². The summed E-state index contributed by atoms with van der Waals surface area (Å²) in [6.07, 6.45) is 8.26. The number of hydrogen-bond acceptors (Lipinski definition) is 4. The van der Waals surface area contributed by atoms with E-state index < -0.39 is 0 Å². The van der Waals surface area contributed by atoms with Gasteiger partial charge in [-0.25, -0.2) is 0 Å². The molecule has 2 fully saturated rings. The number of nitrogens with zero attached hydrogens (tertiary/aromatic N) is 3. The van der Waals surface area contributed by atoms with Crippen molar-refractivity contribution in [1.29, 1.82) is 0 Å². The number of nitrogens with one attached hydrogen (secondary N) is 1. The number of amides is 1. The van der Waals surface area contributed by atoms with Crippen molar-refractivity contribution in [1.82, 2.24) is 15.2 Å². The highest BCUT2D eigenvalue weighted by molar-refractivity contribution is 5.93. The average Bonchev–Trinajstić information content (AvgIpc) is 3.00. The molecular formula is C18H28N4O. The number of carbonyl (C=O) groups is 1. The normalized spacial score (nSPS) is 22.8. The zero-order valence-electron chi connectivity index (χ0n) is 14.1. The first-order chi connectivity index (χ1) is 11.3. The van der Waals surface area contributed by atoms with Crippen LogP contribution in [-0.2, 0) is 0 Å². The average molecular weight is 316 g/mol. The Bertz CT molecular complexity index is 528. The Hall–Kier alpha value is -1.62. The van der Waals surface area contributed by atoms with Crippen molar-refractivity contribution in [3.05, 3.63) is 24.0 Å². The smallest absolute Gasteiger partial charge is 0.269 e. The molecule has 3 heterocycles. The fraction of sp³-hybridized carbons (Fsp3) is 0.667. The summed E-state index contributed by atoms with van der Waals surface area (Å²) < 4.78 is 0. The van der Waals surface area contributed by atoms with Crippen LogP contribution in [0.1, 0.15) is 49.5 Å². The molecule has 5 heteroatoms. The van der Waals surface area contributed by atoms with Crippen LogP contribution in [0.15, 0.2) is 18.3 Å². The van der Waals surface area contributed by atoms with Crippen molar-refractivity contribution < 1.29 is 4.79 Å². The summed E-state index contributed by atoms with van der Waals surface area (Å²) in [5, 5.41) is 2.83. The summed E-state index contributed by atoms with van der Waals surface area (Å²) in [7, 11) is 0. The van der Waals surface area contributed by atoms with Crippen molar-refractivity contribution >= 4 is 11.6 Å². The first kappa shape index (κ1) is 16.2. The molecule has 0 spiro atoms. The Morgan fingerprint density at radius 3 is 2.83 bits per heavy atom. The summed E-state index contributed by atoms with van der Waals surface area (Å²) >= 11 is 0. The van der Waals surface area contributed by atoms with E-state index >= 15 is 0 Å². The van der Waals surface area contributed by atoms with Crippen LogP contribution in [0.5, 0.6) is 0 Å². The maximum Gasteiger partial charge on any atom is 0.269 e. The van der Waals surface area contributed by atoms with Crippen molar-refractivity contribution in [2.24, 2.45) is 0 Å². The summed E-state index contributed by atoms with van der Waals surface area (Å²) in [6.45, 7) is 7.20. The van der Waals surface area contributed by atoms with Gasteiger partial charge in [0.2, 0.25) is 0 Å². The van der Waals surface area contributed by atoms with Gasteiger partial charge in [0.05, 0.1) is 0 Å². The van der Waals surface area contributed by atoms with Gasteiger partial charge < -0.3 is 10.2 Å². The Balaban J connectivity index is 1.73. The minimum absolute atomic E-state index is 0.0831. The van der Waals surface area contributed by atoms with Crippen LogP contribution < -0.4 is 10.2 Å². The van der Waals surface area contributed by atoms with Crippen molar-refractivity contribution in [3.8, 4) is 0 Å². The second-order valence-electron chi connectivity index (χ2n) is 6.60. The molecule has 2 aliphatic heterocycles. The van der Waals surface area contributed by atoms with Crippen molar-refractivity contribution in [2.75, 3.05) is 37.6 Å². The molecule has 0 aliphatic carbocycles. The molecule has 1 aromatic rings. The molecule has 0 unspecified atom stereocenters. The van der Waals surface area contributed by atoms with E-state index in [1.807, 2.05) is 19.1 Å². The molecule has 0 bridgehead atoms. The monoisotopic (exact) mass is 316 g/mol. The SMILES string of the molecule is CCNC(=O)c1cc(N2CCCC[C@@H](N3CCCC3)C2)ccn1. The van der Waals surface area contributed by atoms with Crippen LogP contribution in [0, 0.1) is 0 Å². The van der Waals surface area contributed by atoms with E-state index in [1.165, 1.54) is 45.2 Å². The first-order valence-electron chi connectivity index (χ1n) is 9.01. The van der Waals surface area contributed by atoms with Gasteiger partial charge in [-0.1, -0.05) is 6.42 Å². The third-order valence-corrected chi connectivity index (χ3v) is 4.98. The summed E-state index contributed by atoms with van der Waals surface area (Å²) in [5.41, 5.74) is 1.65. The molecule has 1 N–H and O–H groups in total. The third kappa shape index (κ3) is 4.02. The molecule has 2 aliphatic rings. The van der Waals surface area contributed by atoms with E-state index in [4.69, 9.17) is 0 Å². The van der Waals surface area contributed by atoms with E-state index in [9.17, 15) is 4.79 Å². The van der Waals surface area contributed by atoms with Gasteiger partial charge in [-0.05, 0) is 57.8 Å². The third-order valence-electron chi connectivity index (χ3n) is 4.98. The lowest BCUT2D eigenvalue weighted by Gasteiger charge is -2.32. The van der Waals surface area contributed by atoms with Gasteiger partial charge in [0.1, 0.15) is 5.69 Å². The predicted octanol–water partition coefficient (Wildman–Crippen LogP) is 2.29. The zero-order valence-corrected chi connectivity index (χ0v) is 14.1. The zero-order chi connectivity index (χ0) is 16.1. The van der Waals surface area contributed by atoms with E-state index in [2.05, 4.69) is 20.1 Å². The van der Waals surface area contributed by atoms with Crippen LogP contribution in [0.25, 0.3) is 0 Å². The maximum absolute atomic E-state index is 12.0. The Morgan fingerprint density at radius 2 is 2.04 bits per heavy atom. The Morgan fingerprint density at radius 1 is 1.26 bits per heavy atom. The van der Waals surface area contributed by atoms with Crippen molar-refractivity contribution in [2.45, 2.75) is 45.1 Å². The predicted molar refractivity (Wildman–Crippen MR) is 92.9 cm³/mol. The van der Waals surface area contributed by atoms with Gasteiger partial charge in [-0.3, -0.25) is 14.7 Å². The molecule has 1 atom stereocenters. The molecule has 126 valence electrons. The number of likely N-dealkylation sites (tertiary alicyclic amines) is 1. The number of aromatic nitrogens is 1. The topological polar surface area (TPSA) is 48.5 Å². The summed E-state index contributed by atoms with van der Waals surface area (Å²) in [4.78, 5) is 21.3. The second-order valence-corrected chi connectivity index (χ2v) is 6.60.